The molecule has 0 saturated heterocycles. The quantitative estimate of drug-likeness (QED) is 0.839. The van der Waals surface area contributed by atoms with E-state index in [2.05, 4.69) is 0 Å². The summed E-state index contributed by atoms with van der Waals surface area (Å²) in [7, 11) is 1.56. The Labute approximate surface area is 123 Å². The minimum Gasteiger partial charge on any atom is -0.480 e. The Bertz CT molecular complexity index is 461. The predicted molar refractivity (Wildman–Crippen MR) is 77.1 cm³/mol. The normalized spacial score (nSPS) is 11.9. The second-order valence-corrected chi connectivity index (χ2v) is 5.05. The number of carboxylic acid groups (broad SMARTS) is 1. The molecule has 1 aromatic rings. The van der Waals surface area contributed by atoms with Crippen LogP contribution in [0.15, 0.2) is 24.3 Å². The molecule has 0 fully saturated rings. The highest BCUT2D eigenvalue weighted by Gasteiger charge is 2.20. The number of carboxylic acids is 1. The first-order valence-corrected chi connectivity index (χ1v) is 6.58. The third-order valence-corrected chi connectivity index (χ3v) is 2.96. The summed E-state index contributed by atoms with van der Waals surface area (Å²) in [4.78, 5) is 24.4. The van der Waals surface area contributed by atoms with Crippen LogP contribution in [0.25, 0.3) is 0 Å². The molecule has 1 rings (SSSR count). The van der Waals surface area contributed by atoms with E-state index < -0.39 is 5.97 Å². The van der Waals surface area contributed by atoms with Crippen LogP contribution >= 0.6 is 11.6 Å². The molecule has 5 nitrogen and oxygen atoms in total. The first-order valence-electron chi connectivity index (χ1n) is 6.20. The maximum Gasteiger partial charge on any atom is 0.323 e. The Balaban J connectivity index is 2.85. The van der Waals surface area contributed by atoms with E-state index in [0.717, 1.165) is 0 Å². The number of aliphatic carboxylic acids is 1. The molecule has 1 N–H and O–H groups in total. The van der Waals surface area contributed by atoms with Crippen LogP contribution in [-0.4, -0.2) is 37.2 Å². The fourth-order valence-electron chi connectivity index (χ4n) is 1.83. The topological polar surface area (TPSA) is 66.8 Å². The number of carbonyl (C=O) groups excluding carboxylic acids is 1. The molecule has 1 unspecified atom stereocenters. The second kappa shape index (κ2) is 7.87. The molecule has 0 spiro atoms. The number of amides is 1. The molecular formula is C14H18ClNO4. The molecule has 0 heterocycles. The van der Waals surface area contributed by atoms with Crippen LogP contribution in [0.1, 0.15) is 13.3 Å². The van der Waals surface area contributed by atoms with Gasteiger partial charge in [-0.3, -0.25) is 9.59 Å². The van der Waals surface area contributed by atoms with E-state index >= 15 is 0 Å². The average molecular weight is 300 g/mol. The largest absolute Gasteiger partial charge is 0.480 e. The molecule has 6 heteroatoms. The van der Waals surface area contributed by atoms with Crippen molar-refractivity contribution in [3.05, 3.63) is 29.3 Å². The summed E-state index contributed by atoms with van der Waals surface area (Å²) < 4.78 is 4.98. The Hall–Kier alpha value is -1.59. The van der Waals surface area contributed by atoms with Gasteiger partial charge in [-0.15, -0.1) is 0 Å². The van der Waals surface area contributed by atoms with Gasteiger partial charge < -0.3 is 14.7 Å². The van der Waals surface area contributed by atoms with Crippen molar-refractivity contribution >= 4 is 29.2 Å². The summed E-state index contributed by atoms with van der Waals surface area (Å²) >= 11 is 5.79. The van der Waals surface area contributed by atoms with Crippen LogP contribution in [0, 0.1) is 5.92 Å². The molecule has 1 atom stereocenters. The number of halogens is 1. The lowest BCUT2D eigenvalue weighted by molar-refractivity contribution is -0.136. The summed E-state index contributed by atoms with van der Waals surface area (Å²) in [5, 5.41) is 9.47. The number of hydrogen-bond donors (Lipinski definition) is 1. The highest BCUT2D eigenvalue weighted by molar-refractivity contribution is 6.30. The number of anilines is 1. The standard InChI is InChI=1S/C14H18ClNO4/c1-10(9-20-2)7-13(17)16(8-14(18)19)12-5-3-11(15)4-6-12/h3-6,10H,7-9H2,1-2H3,(H,18,19). The van der Waals surface area contributed by atoms with E-state index in [1.165, 1.54) is 4.90 Å². The van der Waals surface area contributed by atoms with Gasteiger partial charge in [0.1, 0.15) is 6.54 Å². The third kappa shape index (κ3) is 5.19. The van der Waals surface area contributed by atoms with Gasteiger partial charge in [0.2, 0.25) is 5.91 Å². The van der Waals surface area contributed by atoms with Crippen molar-refractivity contribution < 1.29 is 19.4 Å². The first-order chi connectivity index (χ1) is 9.43. The Morgan fingerprint density at radius 1 is 1.35 bits per heavy atom. The lowest BCUT2D eigenvalue weighted by atomic mass is 10.1. The number of benzene rings is 1. The zero-order valence-corrected chi connectivity index (χ0v) is 12.3. The zero-order chi connectivity index (χ0) is 15.1. The van der Waals surface area contributed by atoms with Crippen molar-refractivity contribution in [2.75, 3.05) is 25.2 Å². The summed E-state index contributed by atoms with van der Waals surface area (Å²) in [6, 6.07) is 6.50. The molecule has 0 aliphatic carbocycles. The smallest absolute Gasteiger partial charge is 0.323 e. The van der Waals surface area contributed by atoms with Gasteiger partial charge in [0, 0.05) is 30.8 Å². The van der Waals surface area contributed by atoms with E-state index in [-0.39, 0.29) is 24.8 Å². The molecule has 0 radical (unpaired) electrons. The van der Waals surface area contributed by atoms with E-state index in [1.807, 2.05) is 6.92 Å². The van der Waals surface area contributed by atoms with Gasteiger partial charge in [-0.2, -0.15) is 0 Å². The second-order valence-electron chi connectivity index (χ2n) is 4.61. The van der Waals surface area contributed by atoms with E-state index in [4.69, 9.17) is 21.4 Å². The van der Waals surface area contributed by atoms with Gasteiger partial charge in [0.15, 0.2) is 0 Å². The number of nitrogens with zero attached hydrogens (tertiary/aromatic N) is 1. The summed E-state index contributed by atoms with van der Waals surface area (Å²) in [6.07, 6.45) is 0.226. The maximum atomic E-state index is 12.2. The highest BCUT2D eigenvalue weighted by Crippen LogP contribution is 2.20. The molecule has 0 aromatic heterocycles. The van der Waals surface area contributed by atoms with Crippen LogP contribution < -0.4 is 4.90 Å². The molecule has 1 aromatic carbocycles. The van der Waals surface area contributed by atoms with Crippen molar-refractivity contribution in [1.29, 1.82) is 0 Å². The molecule has 20 heavy (non-hydrogen) atoms. The number of hydrogen-bond acceptors (Lipinski definition) is 3. The summed E-state index contributed by atoms with van der Waals surface area (Å²) in [6.45, 7) is 1.95. The van der Waals surface area contributed by atoms with Crippen LogP contribution in [0.2, 0.25) is 5.02 Å². The van der Waals surface area contributed by atoms with Crippen molar-refractivity contribution in [2.24, 2.45) is 5.92 Å². The van der Waals surface area contributed by atoms with Crippen LogP contribution in [0.5, 0.6) is 0 Å². The fourth-order valence-corrected chi connectivity index (χ4v) is 1.96. The Morgan fingerprint density at radius 2 is 1.95 bits per heavy atom. The lowest BCUT2D eigenvalue weighted by Crippen LogP contribution is -2.36. The predicted octanol–water partition coefficient (Wildman–Crippen LogP) is 2.43. The van der Waals surface area contributed by atoms with Crippen LogP contribution in [0.3, 0.4) is 0 Å². The van der Waals surface area contributed by atoms with Crippen LogP contribution in [-0.2, 0) is 14.3 Å². The minimum atomic E-state index is -1.06. The zero-order valence-electron chi connectivity index (χ0n) is 11.5. The maximum absolute atomic E-state index is 12.2. The highest BCUT2D eigenvalue weighted by atomic mass is 35.5. The monoisotopic (exact) mass is 299 g/mol. The van der Waals surface area contributed by atoms with Gasteiger partial charge in [-0.05, 0) is 30.2 Å². The molecule has 0 aliphatic rings. The minimum absolute atomic E-state index is 0.0242. The molecule has 0 bridgehead atoms. The van der Waals surface area contributed by atoms with E-state index in [1.54, 1.807) is 31.4 Å². The Morgan fingerprint density at radius 3 is 2.45 bits per heavy atom. The molecule has 0 saturated carbocycles. The van der Waals surface area contributed by atoms with Crippen molar-refractivity contribution in [3.8, 4) is 0 Å². The van der Waals surface area contributed by atoms with Crippen molar-refractivity contribution in [2.45, 2.75) is 13.3 Å². The van der Waals surface area contributed by atoms with Crippen LogP contribution in [0.4, 0.5) is 5.69 Å². The molecule has 0 aliphatic heterocycles. The molecular weight excluding hydrogens is 282 g/mol. The molecule has 110 valence electrons. The third-order valence-electron chi connectivity index (χ3n) is 2.71. The van der Waals surface area contributed by atoms with Gasteiger partial charge in [0.25, 0.3) is 0 Å². The van der Waals surface area contributed by atoms with Gasteiger partial charge in [0.05, 0.1) is 0 Å². The van der Waals surface area contributed by atoms with E-state index in [9.17, 15) is 9.59 Å². The summed E-state index contributed by atoms with van der Waals surface area (Å²) in [5.74, 6) is -1.29. The van der Waals surface area contributed by atoms with Crippen molar-refractivity contribution in [1.82, 2.24) is 0 Å². The van der Waals surface area contributed by atoms with E-state index in [0.29, 0.717) is 17.3 Å². The number of ether oxygens (including phenoxy) is 1. The number of rotatable bonds is 7. The first kappa shape index (κ1) is 16.5. The molecule has 1 amide bonds. The van der Waals surface area contributed by atoms with Gasteiger partial charge >= 0.3 is 5.97 Å². The Kier molecular flexibility index (Phi) is 6.48. The average Bonchev–Trinajstić information content (AvgIpc) is 2.37. The summed E-state index contributed by atoms with van der Waals surface area (Å²) in [5.41, 5.74) is 0.520. The lowest BCUT2D eigenvalue weighted by Gasteiger charge is -2.22. The SMILES string of the molecule is COCC(C)CC(=O)N(CC(=O)O)c1ccc(Cl)cc1. The fraction of sp³-hybridized carbons (Fsp3) is 0.429. The number of carbonyl (C=O) groups is 2. The van der Waals surface area contributed by atoms with Gasteiger partial charge in [-0.1, -0.05) is 18.5 Å². The number of methoxy groups -OCH3 is 1. The van der Waals surface area contributed by atoms with Crippen molar-refractivity contribution in [3.63, 3.8) is 0 Å². The van der Waals surface area contributed by atoms with Gasteiger partial charge in [-0.25, -0.2) is 0 Å².